The maximum Gasteiger partial charge on any atom is 0.177 e. The summed E-state index contributed by atoms with van der Waals surface area (Å²) < 4.78 is 5.36. The number of imidazole rings is 1. The summed E-state index contributed by atoms with van der Waals surface area (Å²) in [7, 11) is 0. The molecular formula is C15H23N5O. The molecule has 0 radical (unpaired) electrons. The molecule has 2 aromatic heterocycles. The highest BCUT2D eigenvalue weighted by Crippen LogP contribution is 2.13. The molecule has 0 aromatic carbocycles. The number of aromatic amines is 1. The number of aryl methyl sites for hydroxylation is 1. The molecule has 21 heavy (non-hydrogen) atoms. The van der Waals surface area contributed by atoms with E-state index in [1.165, 1.54) is 5.56 Å². The quantitative estimate of drug-likeness (QED) is 0.779. The van der Waals surface area contributed by atoms with Crippen molar-refractivity contribution >= 4 is 11.2 Å². The van der Waals surface area contributed by atoms with Crippen LogP contribution in [-0.4, -0.2) is 59.2 Å². The number of rotatable bonds is 6. The normalized spacial score (nSPS) is 16.6. The Balaban J connectivity index is 1.44. The van der Waals surface area contributed by atoms with Crippen molar-refractivity contribution in [3.05, 3.63) is 23.7 Å². The number of pyridine rings is 1. The van der Waals surface area contributed by atoms with Crippen molar-refractivity contribution in [1.82, 2.24) is 25.2 Å². The van der Waals surface area contributed by atoms with E-state index in [0.29, 0.717) is 0 Å². The molecule has 6 nitrogen and oxygen atoms in total. The maximum atomic E-state index is 5.36. The molecule has 1 aliphatic rings. The summed E-state index contributed by atoms with van der Waals surface area (Å²) in [6.07, 6.45) is 2.99. The standard InChI is InChI=1S/C15H23N5O/c1-12-18-14-13(3-5-17-15(14)19-12)11-16-4-2-6-20-7-9-21-10-8-20/h3,5,16H,2,4,6-11H2,1H3,(H,17,18,19). The number of ether oxygens (including phenoxy) is 1. The number of hydrogen-bond donors (Lipinski definition) is 2. The van der Waals surface area contributed by atoms with Gasteiger partial charge in [0, 0.05) is 25.8 Å². The minimum Gasteiger partial charge on any atom is -0.379 e. The molecule has 3 rings (SSSR count). The van der Waals surface area contributed by atoms with Crippen molar-refractivity contribution in [3.63, 3.8) is 0 Å². The predicted octanol–water partition coefficient (Wildman–Crippen LogP) is 1.08. The van der Waals surface area contributed by atoms with Crippen LogP contribution in [0.15, 0.2) is 12.3 Å². The molecule has 1 aliphatic heterocycles. The van der Waals surface area contributed by atoms with Crippen molar-refractivity contribution < 1.29 is 4.74 Å². The average Bonchev–Trinajstić information content (AvgIpc) is 2.89. The number of morpholine rings is 1. The lowest BCUT2D eigenvalue weighted by Crippen LogP contribution is -2.37. The molecule has 0 spiro atoms. The average molecular weight is 289 g/mol. The van der Waals surface area contributed by atoms with Gasteiger partial charge in [-0.2, -0.15) is 0 Å². The molecule has 114 valence electrons. The van der Waals surface area contributed by atoms with Gasteiger partial charge in [-0.05, 0) is 38.1 Å². The van der Waals surface area contributed by atoms with Gasteiger partial charge < -0.3 is 15.0 Å². The molecule has 1 fully saturated rings. The van der Waals surface area contributed by atoms with E-state index in [0.717, 1.165) is 69.3 Å². The van der Waals surface area contributed by atoms with E-state index < -0.39 is 0 Å². The SMILES string of the molecule is Cc1nc2nccc(CNCCCN3CCOCC3)c2[nH]1. The predicted molar refractivity (Wildman–Crippen MR) is 82.2 cm³/mol. The first-order valence-corrected chi connectivity index (χ1v) is 7.64. The van der Waals surface area contributed by atoms with Gasteiger partial charge in [-0.3, -0.25) is 4.90 Å². The van der Waals surface area contributed by atoms with Gasteiger partial charge in [-0.15, -0.1) is 0 Å². The second-order valence-corrected chi connectivity index (χ2v) is 5.48. The van der Waals surface area contributed by atoms with Crippen molar-refractivity contribution in [2.75, 3.05) is 39.4 Å². The molecule has 1 saturated heterocycles. The molecule has 2 aromatic rings. The van der Waals surface area contributed by atoms with Gasteiger partial charge in [-0.25, -0.2) is 9.97 Å². The van der Waals surface area contributed by atoms with Crippen LogP contribution >= 0.6 is 0 Å². The monoisotopic (exact) mass is 289 g/mol. The van der Waals surface area contributed by atoms with E-state index in [9.17, 15) is 0 Å². The first-order chi connectivity index (χ1) is 10.3. The van der Waals surface area contributed by atoms with Gasteiger partial charge >= 0.3 is 0 Å². The maximum absolute atomic E-state index is 5.36. The van der Waals surface area contributed by atoms with Gasteiger partial charge in [0.2, 0.25) is 0 Å². The van der Waals surface area contributed by atoms with Crippen LogP contribution in [0.3, 0.4) is 0 Å². The summed E-state index contributed by atoms with van der Waals surface area (Å²) >= 11 is 0. The van der Waals surface area contributed by atoms with Crippen molar-refractivity contribution in [2.45, 2.75) is 19.9 Å². The van der Waals surface area contributed by atoms with Crippen LogP contribution in [-0.2, 0) is 11.3 Å². The Labute approximate surface area is 124 Å². The third-order valence-corrected chi connectivity index (χ3v) is 3.84. The van der Waals surface area contributed by atoms with Crippen LogP contribution in [0.4, 0.5) is 0 Å². The lowest BCUT2D eigenvalue weighted by Gasteiger charge is -2.26. The van der Waals surface area contributed by atoms with Crippen molar-refractivity contribution in [2.24, 2.45) is 0 Å². The fourth-order valence-electron chi connectivity index (χ4n) is 2.70. The molecule has 0 aliphatic carbocycles. The summed E-state index contributed by atoms with van der Waals surface area (Å²) in [6, 6.07) is 2.05. The second kappa shape index (κ2) is 6.98. The van der Waals surface area contributed by atoms with E-state index in [4.69, 9.17) is 4.74 Å². The van der Waals surface area contributed by atoms with Crippen LogP contribution in [0.25, 0.3) is 11.2 Å². The molecule has 6 heteroatoms. The number of H-pyrrole nitrogens is 1. The minimum absolute atomic E-state index is 0.806. The molecule has 0 amide bonds. The van der Waals surface area contributed by atoms with E-state index in [2.05, 4.69) is 31.2 Å². The first kappa shape index (κ1) is 14.4. The molecule has 0 atom stereocenters. The smallest absolute Gasteiger partial charge is 0.177 e. The summed E-state index contributed by atoms with van der Waals surface area (Å²) in [6.45, 7) is 8.87. The van der Waals surface area contributed by atoms with E-state index in [-0.39, 0.29) is 0 Å². The molecule has 0 saturated carbocycles. The Hall–Kier alpha value is -1.50. The van der Waals surface area contributed by atoms with Crippen LogP contribution in [0.2, 0.25) is 0 Å². The van der Waals surface area contributed by atoms with Crippen LogP contribution in [0.1, 0.15) is 17.8 Å². The molecule has 0 bridgehead atoms. The molecular weight excluding hydrogens is 266 g/mol. The summed E-state index contributed by atoms with van der Waals surface area (Å²) in [5.41, 5.74) is 3.09. The highest BCUT2D eigenvalue weighted by atomic mass is 16.5. The number of aromatic nitrogens is 3. The number of fused-ring (bicyclic) bond motifs is 1. The third kappa shape index (κ3) is 3.78. The lowest BCUT2D eigenvalue weighted by molar-refractivity contribution is 0.0374. The van der Waals surface area contributed by atoms with E-state index >= 15 is 0 Å². The van der Waals surface area contributed by atoms with Crippen LogP contribution in [0.5, 0.6) is 0 Å². The number of nitrogens with one attached hydrogen (secondary N) is 2. The second-order valence-electron chi connectivity index (χ2n) is 5.48. The topological polar surface area (TPSA) is 66.1 Å². The molecule has 2 N–H and O–H groups in total. The van der Waals surface area contributed by atoms with Gasteiger partial charge in [0.1, 0.15) is 5.82 Å². The Morgan fingerprint density at radius 1 is 1.38 bits per heavy atom. The van der Waals surface area contributed by atoms with Gasteiger partial charge in [0.25, 0.3) is 0 Å². The zero-order valence-corrected chi connectivity index (χ0v) is 12.6. The van der Waals surface area contributed by atoms with Gasteiger partial charge in [0.15, 0.2) is 5.65 Å². The van der Waals surface area contributed by atoms with E-state index in [1.54, 1.807) is 0 Å². The summed E-state index contributed by atoms with van der Waals surface area (Å²) in [5.74, 6) is 0.914. The lowest BCUT2D eigenvalue weighted by atomic mass is 10.2. The fourth-order valence-corrected chi connectivity index (χ4v) is 2.70. The zero-order chi connectivity index (χ0) is 14.5. The Kier molecular flexibility index (Phi) is 4.80. The summed E-state index contributed by atoms with van der Waals surface area (Å²) in [5, 5.41) is 3.51. The molecule has 0 unspecified atom stereocenters. The largest absolute Gasteiger partial charge is 0.379 e. The van der Waals surface area contributed by atoms with E-state index in [1.807, 2.05) is 13.1 Å². The van der Waals surface area contributed by atoms with Crippen LogP contribution in [0, 0.1) is 6.92 Å². The minimum atomic E-state index is 0.806. The Bertz CT molecular complexity index is 576. The Morgan fingerprint density at radius 2 is 2.24 bits per heavy atom. The first-order valence-electron chi connectivity index (χ1n) is 7.64. The van der Waals surface area contributed by atoms with Crippen molar-refractivity contribution in [1.29, 1.82) is 0 Å². The molecule has 3 heterocycles. The van der Waals surface area contributed by atoms with Crippen molar-refractivity contribution in [3.8, 4) is 0 Å². The fraction of sp³-hybridized carbons (Fsp3) is 0.600. The highest BCUT2D eigenvalue weighted by molar-refractivity contribution is 5.74. The summed E-state index contributed by atoms with van der Waals surface area (Å²) in [4.78, 5) is 14.4. The zero-order valence-electron chi connectivity index (χ0n) is 12.6. The number of hydrogen-bond acceptors (Lipinski definition) is 5. The van der Waals surface area contributed by atoms with Crippen LogP contribution < -0.4 is 5.32 Å². The third-order valence-electron chi connectivity index (χ3n) is 3.84. The number of nitrogens with zero attached hydrogens (tertiary/aromatic N) is 3. The van der Waals surface area contributed by atoms with Gasteiger partial charge in [0.05, 0.1) is 18.7 Å². The Morgan fingerprint density at radius 3 is 3.10 bits per heavy atom. The highest BCUT2D eigenvalue weighted by Gasteiger charge is 2.09. The van der Waals surface area contributed by atoms with Gasteiger partial charge in [-0.1, -0.05) is 0 Å².